The van der Waals surface area contributed by atoms with E-state index in [1.807, 2.05) is 23.7 Å². The first-order valence-electron chi connectivity index (χ1n) is 10.3. The molecule has 0 unspecified atom stereocenters. The molecule has 33 heavy (non-hydrogen) atoms. The molecule has 5 rings (SSSR count). The summed E-state index contributed by atoms with van der Waals surface area (Å²) in [5.41, 5.74) is 2.32. The van der Waals surface area contributed by atoms with Crippen LogP contribution in [0.25, 0.3) is 28.3 Å². The molecule has 0 atom stereocenters. The maximum absolute atomic E-state index is 12.6. The monoisotopic (exact) mass is 455 g/mol. The van der Waals surface area contributed by atoms with Gasteiger partial charge in [0.05, 0.1) is 42.6 Å². The molecule has 1 fully saturated rings. The highest BCUT2D eigenvalue weighted by molar-refractivity contribution is 5.68. The number of hydrogen-bond donors (Lipinski definition) is 0. The van der Waals surface area contributed by atoms with E-state index in [4.69, 9.17) is 4.98 Å². The summed E-state index contributed by atoms with van der Waals surface area (Å²) in [7, 11) is 1.83. The fourth-order valence-electron chi connectivity index (χ4n) is 4.24. The van der Waals surface area contributed by atoms with Gasteiger partial charge in [-0.3, -0.25) is 18.7 Å². The molecule has 0 amide bonds. The van der Waals surface area contributed by atoms with Crippen LogP contribution >= 0.6 is 0 Å². The van der Waals surface area contributed by atoms with Crippen molar-refractivity contribution >= 4 is 5.65 Å². The fourth-order valence-corrected chi connectivity index (χ4v) is 4.24. The lowest BCUT2D eigenvalue weighted by atomic mass is 9.86. The molecule has 1 aliphatic heterocycles. The van der Waals surface area contributed by atoms with E-state index in [1.165, 1.54) is 0 Å². The number of imidazole rings is 1. The van der Waals surface area contributed by atoms with Crippen molar-refractivity contribution in [3.63, 3.8) is 0 Å². The van der Waals surface area contributed by atoms with E-state index in [1.54, 1.807) is 45.2 Å². The van der Waals surface area contributed by atoms with Crippen LogP contribution in [0.2, 0.25) is 0 Å². The van der Waals surface area contributed by atoms with Crippen LogP contribution in [0.15, 0.2) is 43.2 Å². The number of nitriles is 1. The normalized spacial score (nSPS) is 16.1. The molecule has 0 saturated carbocycles. The van der Waals surface area contributed by atoms with Gasteiger partial charge in [0.15, 0.2) is 0 Å². The van der Waals surface area contributed by atoms with Crippen molar-refractivity contribution < 1.29 is 13.2 Å². The summed E-state index contributed by atoms with van der Waals surface area (Å²) < 4.78 is 42.9. The van der Waals surface area contributed by atoms with Gasteiger partial charge >= 0.3 is 6.18 Å². The van der Waals surface area contributed by atoms with Crippen molar-refractivity contribution in [2.24, 2.45) is 7.05 Å². The van der Waals surface area contributed by atoms with Crippen LogP contribution in [0.4, 0.5) is 13.2 Å². The van der Waals surface area contributed by atoms with Gasteiger partial charge in [-0.2, -0.15) is 28.6 Å². The van der Waals surface area contributed by atoms with Gasteiger partial charge in [0.25, 0.3) is 0 Å². The molecule has 0 aromatic carbocycles. The Kier molecular flexibility index (Phi) is 4.93. The van der Waals surface area contributed by atoms with Gasteiger partial charge in [0.2, 0.25) is 0 Å². The molecular weight excluding hydrogens is 435 g/mol. The topological polar surface area (TPSA) is 92.9 Å². The van der Waals surface area contributed by atoms with Crippen molar-refractivity contribution in [1.82, 2.24) is 38.8 Å². The van der Waals surface area contributed by atoms with Gasteiger partial charge in [0.1, 0.15) is 17.0 Å². The SMILES string of the molecule is Cn1cc(-c2cc3nccn3c(-c3cnn(C4(CC#N)CN(CCC(F)(F)F)C4)c3)n2)cn1. The minimum Gasteiger partial charge on any atom is -0.298 e. The van der Waals surface area contributed by atoms with Gasteiger partial charge in [-0.05, 0) is 0 Å². The molecule has 5 heterocycles. The van der Waals surface area contributed by atoms with E-state index in [0.29, 0.717) is 30.3 Å². The first-order chi connectivity index (χ1) is 15.8. The van der Waals surface area contributed by atoms with E-state index in [9.17, 15) is 18.4 Å². The second-order valence-corrected chi connectivity index (χ2v) is 8.33. The zero-order valence-electron chi connectivity index (χ0n) is 17.7. The second kappa shape index (κ2) is 7.70. The first kappa shape index (κ1) is 21.1. The Bertz CT molecular complexity index is 1330. The third-order valence-electron chi connectivity index (χ3n) is 5.87. The average Bonchev–Trinajstić information content (AvgIpc) is 3.48. The number of halogens is 3. The van der Waals surface area contributed by atoms with Gasteiger partial charge < -0.3 is 0 Å². The highest BCUT2D eigenvalue weighted by Crippen LogP contribution is 2.35. The summed E-state index contributed by atoms with van der Waals surface area (Å²) in [6.45, 7) is 0.581. The molecule has 1 aliphatic rings. The highest BCUT2D eigenvalue weighted by atomic mass is 19.4. The quantitative estimate of drug-likeness (QED) is 0.444. The standard InChI is InChI=1S/C21H20F3N9/c1-30-11-15(9-27-30)17-8-18-26-5-7-32(18)19(29-17)16-10-28-33(12-16)20(2-4-25)13-31(14-20)6-3-21(22,23)24/h5,7-12H,2-3,6,13-14H2,1H3. The lowest BCUT2D eigenvalue weighted by molar-refractivity contribution is -0.144. The van der Waals surface area contributed by atoms with Crippen molar-refractivity contribution in [3.8, 4) is 28.7 Å². The lowest BCUT2D eigenvalue weighted by Gasteiger charge is -2.49. The minimum atomic E-state index is -4.20. The van der Waals surface area contributed by atoms with Crippen LogP contribution < -0.4 is 0 Å². The largest absolute Gasteiger partial charge is 0.390 e. The second-order valence-electron chi connectivity index (χ2n) is 8.33. The summed E-state index contributed by atoms with van der Waals surface area (Å²) >= 11 is 0. The van der Waals surface area contributed by atoms with Gasteiger partial charge in [0, 0.05) is 63.1 Å². The predicted octanol–water partition coefficient (Wildman–Crippen LogP) is 2.87. The minimum absolute atomic E-state index is 0.0881. The molecule has 1 saturated heterocycles. The number of aromatic nitrogens is 7. The summed E-state index contributed by atoms with van der Waals surface area (Å²) in [4.78, 5) is 10.9. The third-order valence-corrected chi connectivity index (χ3v) is 5.87. The number of likely N-dealkylation sites (tertiary alicyclic amines) is 1. The molecule has 0 N–H and O–H groups in total. The summed E-state index contributed by atoms with van der Waals surface area (Å²) in [6.07, 6.45) is 5.60. The zero-order valence-corrected chi connectivity index (χ0v) is 17.7. The number of alkyl halides is 3. The van der Waals surface area contributed by atoms with Crippen LogP contribution in [0.5, 0.6) is 0 Å². The van der Waals surface area contributed by atoms with Crippen molar-refractivity contribution in [2.75, 3.05) is 19.6 Å². The number of fused-ring (bicyclic) bond motifs is 1. The number of aryl methyl sites for hydroxylation is 1. The molecule has 12 heteroatoms. The Hall–Kier alpha value is -3.72. The van der Waals surface area contributed by atoms with E-state index in [2.05, 4.69) is 21.3 Å². The smallest absolute Gasteiger partial charge is 0.298 e. The molecule has 0 spiro atoms. The summed E-state index contributed by atoms with van der Waals surface area (Å²) in [5.74, 6) is 0.621. The highest BCUT2D eigenvalue weighted by Gasteiger charge is 2.46. The van der Waals surface area contributed by atoms with Crippen molar-refractivity contribution in [1.29, 1.82) is 5.26 Å². The zero-order chi connectivity index (χ0) is 23.2. The predicted molar refractivity (Wildman–Crippen MR) is 112 cm³/mol. The molecule has 0 bridgehead atoms. The first-order valence-corrected chi connectivity index (χ1v) is 10.3. The van der Waals surface area contributed by atoms with Crippen molar-refractivity contribution in [2.45, 2.75) is 24.6 Å². The van der Waals surface area contributed by atoms with Gasteiger partial charge in [-0.25, -0.2) is 9.97 Å². The van der Waals surface area contributed by atoms with Crippen LogP contribution in [0, 0.1) is 11.3 Å². The van der Waals surface area contributed by atoms with Crippen LogP contribution in [0.3, 0.4) is 0 Å². The summed E-state index contributed by atoms with van der Waals surface area (Å²) in [6, 6.07) is 4.03. The van der Waals surface area contributed by atoms with Crippen molar-refractivity contribution in [3.05, 3.63) is 43.2 Å². The van der Waals surface area contributed by atoms with E-state index in [0.717, 1.165) is 11.1 Å². The molecule has 9 nitrogen and oxygen atoms in total. The van der Waals surface area contributed by atoms with Crippen LogP contribution in [-0.4, -0.2) is 64.6 Å². The molecular formula is C21H20F3N9. The number of nitrogens with zero attached hydrogens (tertiary/aromatic N) is 9. The van der Waals surface area contributed by atoms with E-state index in [-0.39, 0.29) is 13.0 Å². The molecule has 170 valence electrons. The Labute approximate surface area is 186 Å². The van der Waals surface area contributed by atoms with E-state index >= 15 is 0 Å². The Morgan fingerprint density at radius 1 is 1.15 bits per heavy atom. The average molecular weight is 455 g/mol. The maximum Gasteiger partial charge on any atom is 0.390 e. The third kappa shape index (κ3) is 3.95. The molecule has 0 radical (unpaired) electrons. The summed E-state index contributed by atoms with van der Waals surface area (Å²) in [5, 5.41) is 18.0. The van der Waals surface area contributed by atoms with Crippen LogP contribution in [-0.2, 0) is 12.6 Å². The Balaban J connectivity index is 1.46. The maximum atomic E-state index is 12.6. The number of rotatable bonds is 6. The van der Waals surface area contributed by atoms with Crippen LogP contribution in [0.1, 0.15) is 12.8 Å². The molecule has 4 aromatic heterocycles. The Morgan fingerprint density at radius 3 is 2.64 bits per heavy atom. The lowest BCUT2D eigenvalue weighted by Crippen LogP contribution is -2.63. The molecule has 4 aromatic rings. The molecule has 0 aliphatic carbocycles. The van der Waals surface area contributed by atoms with E-state index < -0.39 is 18.1 Å². The number of hydrogen-bond acceptors (Lipinski definition) is 6. The Morgan fingerprint density at radius 2 is 1.94 bits per heavy atom. The van der Waals surface area contributed by atoms with Gasteiger partial charge in [-0.15, -0.1) is 0 Å². The van der Waals surface area contributed by atoms with Gasteiger partial charge in [-0.1, -0.05) is 0 Å². The fraction of sp³-hybridized carbons (Fsp3) is 0.381.